The summed E-state index contributed by atoms with van der Waals surface area (Å²) in [4.78, 5) is 10.2. The lowest BCUT2D eigenvalue weighted by atomic mass is 10.1. The second-order valence-corrected chi connectivity index (χ2v) is 6.17. The molecule has 1 N–H and O–H groups in total. The number of hydrogen-bond acceptors (Lipinski definition) is 4. The van der Waals surface area contributed by atoms with Crippen LogP contribution >= 0.6 is 22.9 Å². The molecule has 2 aromatic rings. The molecule has 2 rings (SSSR count). The largest absolute Gasteiger partial charge is 0.370 e. The lowest BCUT2D eigenvalue weighted by Gasteiger charge is -2.09. The normalized spacial score (nSPS) is 11.0. The van der Waals surface area contributed by atoms with Crippen molar-refractivity contribution in [3.8, 4) is 10.7 Å². The van der Waals surface area contributed by atoms with Crippen LogP contribution in [-0.2, 0) is 6.42 Å². The van der Waals surface area contributed by atoms with E-state index in [1.807, 2.05) is 17.5 Å². The molecule has 0 saturated heterocycles. The van der Waals surface area contributed by atoms with Gasteiger partial charge in [-0.2, -0.15) is 0 Å². The average molecular weight is 296 g/mol. The maximum atomic E-state index is 5.97. The summed E-state index contributed by atoms with van der Waals surface area (Å²) in [5.74, 6) is 2.21. The molecule has 0 aliphatic heterocycles. The number of hydrogen-bond donors (Lipinski definition) is 1. The molecule has 19 heavy (non-hydrogen) atoms. The van der Waals surface area contributed by atoms with Crippen LogP contribution in [0.2, 0.25) is 5.02 Å². The zero-order valence-corrected chi connectivity index (χ0v) is 13.0. The summed E-state index contributed by atoms with van der Waals surface area (Å²) in [7, 11) is 0. The minimum absolute atomic E-state index is 0.573. The Hall–Kier alpha value is -1.13. The van der Waals surface area contributed by atoms with Crippen molar-refractivity contribution in [2.75, 3.05) is 11.9 Å². The van der Waals surface area contributed by atoms with Crippen molar-refractivity contribution in [2.24, 2.45) is 5.92 Å². The first kappa shape index (κ1) is 14.3. The predicted molar refractivity (Wildman–Crippen MR) is 83.1 cm³/mol. The molecule has 0 radical (unpaired) electrons. The highest BCUT2D eigenvalue weighted by Crippen LogP contribution is 2.28. The highest BCUT2D eigenvalue weighted by Gasteiger charge is 2.10. The highest BCUT2D eigenvalue weighted by molar-refractivity contribution is 7.14. The summed E-state index contributed by atoms with van der Waals surface area (Å²) in [5, 5.41) is 5.90. The zero-order valence-electron chi connectivity index (χ0n) is 11.4. The van der Waals surface area contributed by atoms with Crippen LogP contribution in [0.15, 0.2) is 17.5 Å². The molecule has 102 valence electrons. The van der Waals surface area contributed by atoms with Gasteiger partial charge in [-0.1, -0.05) is 25.4 Å². The van der Waals surface area contributed by atoms with Crippen LogP contribution in [0, 0.1) is 5.92 Å². The van der Waals surface area contributed by atoms with Gasteiger partial charge in [-0.05, 0) is 25.3 Å². The Morgan fingerprint density at radius 2 is 2.11 bits per heavy atom. The number of rotatable bonds is 5. The minimum Gasteiger partial charge on any atom is -0.370 e. The fraction of sp³-hybridized carbons (Fsp3) is 0.429. The van der Waals surface area contributed by atoms with Crippen molar-refractivity contribution >= 4 is 28.8 Å². The molecule has 0 spiro atoms. The molecule has 0 unspecified atom stereocenters. The standard InChI is InChI=1S/C14H18ClN3S/c1-4-16-13-7-11(5-9(2)3)17-14(18-13)12-6-10(15)8-19-12/h6-9H,4-5H2,1-3H3,(H,16,17,18). The van der Waals surface area contributed by atoms with E-state index in [1.165, 1.54) is 0 Å². The molecular formula is C14H18ClN3S. The van der Waals surface area contributed by atoms with Crippen LogP contribution < -0.4 is 5.32 Å². The third-order valence-corrected chi connectivity index (χ3v) is 3.82. The predicted octanol–water partition coefficient (Wildman–Crippen LogP) is 4.49. The van der Waals surface area contributed by atoms with Crippen molar-refractivity contribution in [3.63, 3.8) is 0 Å². The van der Waals surface area contributed by atoms with E-state index in [0.717, 1.165) is 40.2 Å². The summed E-state index contributed by atoms with van der Waals surface area (Å²) >= 11 is 7.55. The van der Waals surface area contributed by atoms with Crippen LogP contribution in [0.4, 0.5) is 5.82 Å². The van der Waals surface area contributed by atoms with Gasteiger partial charge in [0.15, 0.2) is 5.82 Å². The average Bonchev–Trinajstić information content (AvgIpc) is 2.75. The fourth-order valence-electron chi connectivity index (χ4n) is 1.83. The van der Waals surface area contributed by atoms with Gasteiger partial charge in [0, 0.05) is 23.7 Å². The lowest BCUT2D eigenvalue weighted by molar-refractivity contribution is 0.635. The van der Waals surface area contributed by atoms with Gasteiger partial charge in [-0.3, -0.25) is 0 Å². The molecule has 0 fully saturated rings. The Bertz CT molecular complexity index is 551. The van der Waals surface area contributed by atoms with Gasteiger partial charge in [0.25, 0.3) is 0 Å². The van der Waals surface area contributed by atoms with Crippen LogP contribution in [0.5, 0.6) is 0 Å². The molecule has 0 saturated carbocycles. The number of halogens is 1. The van der Waals surface area contributed by atoms with E-state index >= 15 is 0 Å². The number of aromatic nitrogens is 2. The molecule has 3 nitrogen and oxygen atoms in total. The van der Waals surface area contributed by atoms with Gasteiger partial charge in [0.1, 0.15) is 5.82 Å². The maximum Gasteiger partial charge on any atom is 0.171 e. The Morgan fingerprint density at radius 1 is 1.32 bits per heavy atom. The van der Waals surface area contributed by atoms with E-state index in [9.17, 15) is 0 Å². The quantitative estimate of drug-likeness (QED) is 0.883. The SMILES string of the molecule is CCNc1cc(CC(C)C)nc(-c2cc(Cl)cs2)n1. The van der Waals surface area contributed by atoms with E-state index in [1.54, 1.807) is 11.3 Å². The van der Waals surface area contributed by atoms with Gasteiger partial charge in [-0.25, -0.2) is 9.97 Å². The van der Waals surface area contributed by atoms with Gasteiger partial charge >= 0.3 is 0 Å². The van der Waals surface area contributed by atoms with Crippen molar-refractivity contribution in [1.82, 2.24) is 9.97 Å². The second-order valence-electron chi connectivity index (χ2n) is 4.83. The third-order valence-electron chi connectivity index (χ3n) is 2.54. The van der Waals surface area contributed by atoms with E-state index in [2.05, 4.69) is 36.1 Å². The topological polar surface area (TPSA) is 37.8 Å². The first-order chi connectivity index (χ1) is 9.08. The molecule has 0 atom stereocenters. The van der Waals surface area contributed by atoms with Gasteiger partial charge < -0.3 is 5.32 Å². The molecule has 0 aromatic carbocycles. The highest BCUT2D eigenvalue weighted by atomic mass is 35.5. The van der Waals surface area contributed by atoms with Crippen molar-refractivity contribution < 1.29 is 0 Å². The number of nitrogens with zero attached hydrogens (tertiary/aromatic N) is 2. The van der Waals surface area contributed by atoms with E-state index in [0.29, 0.717) is 5.92 Å². The Labute approximate surface area is 123 Å². The molecule has 0 aliphatic carbocycles. The molecule has 5 heteroatoms. The molecule has 0 aliphatic rings. The monoisotopic (exact) mass is 295 g/mol. The van der Waals surface area contributed by atoms with E-state index in [-0.39, 0.29) is 0 Å². The van der Waals surface area contributed by atoms with Crippen molar-refractivity contribution in [3.05, 3.63) is 28.2 Å². The molecular weight excluding hydrogens is 278 g/mol. The fourth-order valence-corrected chi connectivity index (χ4v) is 2.84. The van der Waals surface area contributed by atoms with Crippen LogP contribution in [-0.4, -0.2) is 16.5 Å². The van der Waals surface area contributed by atoms with Crippen molar-refractivity contribution in [2.45, 2.75) is 27.2 Å². The summed E-state index contributed by atoms with van der Waals surface area (Å²) in [5.41, 5.74) is 1.07. The molecule has 0 bridgehead atoms. The second kappa shape index (κ2) is 6.35. The summed E-state index contributed by atoms with van der Waals surface area (Å²) in [6.07, 6.45) is 0.951. The minimum atomic E-state index is 0.573. The Morgan fingerprint density at radius 3 is 2.68 bits per heavy atom. The third kappa shape index (κ3) is 3.91. The molecule has 2 aromatic heterocycles. The van der Waals surface area contributed by atoms with Crippen LogP contribution in [0.1, 0.15) is 26.5 Å². The van der Waals surface area contributed by atoms with Crippen LogP contribution in [0.3, 0.4) is 0 Å². The van der Waals surface area contributed by atoms with E-state index < -0.39 is 0 Å². The zero-order chi connectivity index (χ0) is 13.8. The van der Waals surface area contributed by atoms with Gasteiger partial charge in [-0.15, -0.1) is 11.3 Å². The lowest BCUT2D eigenvalue weighted by Crippen LogP contribution is -2.05. The van der Waals surface area contributed by atoms with Gasteiger partial charge in [0.05, 0.1) is 9.90 Å². The maximum absolute atomic E-state index is 5.97. The molecule has 0 amide bonds. The van der Waals surface area contributed by atoms with E-state index in [4.69, 9.17) is 11.6 Å². The van der Waals surface area contributed by atoms with Crippen molar-refractivity contribution in [1.29, 1.82) is 0 Å². The summed E-state index contributed by atoms with van der Waals surface area (Å²) < 4.78 is 0. The smallest absolute Gasteiger partial charge is 0.171 e. The first-order valence-corrected chi connectivity index (χ1v) is 7.70. The van der Waals surface area contributed by atoms with Crippen LogP contribution in [0.25, 0.3) is 10.7 Å². The Balaban J connectivity index is 2.38. The number of nitrogens with one attached hydrogen (secondary N) is 1. The molecule has 2 heterocycles. The Kier molecular flexibility index (Phi) is 4.77. The number of thiophene rings is 1. The number of anilines is 1. The summed E-state index contributed by atoms with van der Waals surface area (Å²) in [6, 6.07) is 3.94. The first-order valence-electron chi connectivity index (χ1n) is 6.44. The van der Waals surface area contributed by atoms with Gasteiger partial charge in [0.2, 0.25) is 0 Å². The summed E-state index contributed by atoms with van der Waals surface area (Å²) in [6.45, 7) is 7.29.